The van der Waals surface area contributed by atoms with Crippen LogP contribution in [0, 0.1) is 0 Å². The van der Waals surface area contributed by atoms with Crippen molar-refractivity contribution in [3.05, 3.63) is 42.5 Å². The minimum atomic E-state index is -4.19. The van der Waals surface area contributed by atoms with Crippen molar-refractivity contribution >= 4 is 26.8 Å². The van der Waals surface area contributed by atoms with E-state index in [0.717, 1.165) is 15.1 Å². The third-order valence-corrected chi connectivity index (χ3v) is 3.35. The first-order valence-electron chi connectivity index (χ1n) is 4.68. The summed E-state index contributed by atoms with van der Waals surface area (Å²) in [6.45, 7) is 0. The molecule has 2 aromatic carbocycles. The summed E-state index contributed by atoms with van der Waals surface area (Å²) in [7, 11) is -2.89. The van der Waals surface area contributed by atoms with Gasteiger partial charge in [-0.15, -0.1) is 0 Å². The lowest BCUT2D eigenvalue weighted by Gasteiger charge is -2.15. The molecule has 0 radical (unpaired) electrons. The third-order valence-electron chi connectivity index (χ3n) is 2.44. The van der Waals surface area contributed by atoms with Gasteiger partial charge in [0.05, 0.1) is 5.69 Å². The van der Waals surface area contributed by atoms with Gasteiger partial charge in [0.25, 0.3) is 0 Å². The highest BCUT2D eigenvalue weighted by Gasteiger charge is 2.13. The molecule has 1 N–H and O–H groups in total. The monoisotopic (exact) mass is 237 g/mol. The first-order chi connectivity index (χ1) is 7.48. The zero-order valence-corrected chi connectivity index (χ0v) is 9.48. The van der Waals surface area contributed by atoms with E-state index in [1.54, 1.807) is 12.1 Å². The third kappa shape index (κ3) is 2.00. The Kier molecular flexibility index (Phi) is 2.57. The molecule has 0 aliphatic heterocycles. The maximum atomic E-state index is 10.9. The summed E-state index contributed by atoms with van der Waals surface area (Å²) in [4.78, 5) is 0. The fourth-order valence-corrected chi connectivity index (χ4v) is 1.89. The minimum Gasteiger partial charge on any atom is -0.269 e. The van der Waals surface area contributed by atoms with E-state index in [-0.39, 0.29) is 0 Å². The maximum absolute atomic E-state index is 10.9. The highest BCUT2D eigenvalue weighted by atomic mass is 32.2. The zero-order valence-electron chi connectivity index (χ0n) is 8.66. The van der Waals surface area contributed by atoms with E-state index in [2.05, 4.69) is 0 Å². The smallest absolute Gasteiger partial charge is 0.269 e. The van der Waals surface area contributed by atoms with Crippen LogP contribution in [0.3, 0.4) is 0 Å². The van der Waals surface area contributed by atoms with Crippen molar-refractivity contribution in [3.8, 4) is 0 Å². The molecule has 0 fully saturated rings. The van der Waals surface area contributed by atoms with Crippen molar-refractivity contribution in [2.45, 2.75) is 0 Å². The Morgan fingerprint density at radius 3 is 2.31 bits per heavy atom. The fourth-order valence-electron chi connectivity index (χ4n) is 1.51. The highest BCUT2D eigenvalue weighted by molar-refractivity contribution is 7.87. The van der Waals surface area contributed by atoms with Crippen LogP contribution in [-0.2, 0) is 10.3 Å². The number of rotatable bonds is 2. The van der Waals surface area contributed by atoms with Crippen molar-refractivity contribution in [3.63, 3.8) is 0 Å². The second-order valence-corrected chi connectivity index (χ2v) is 4.92. The molecule has 0 bridgehead atoms. The van der Waals surface area contributed by atoms with Gasteiger partial charge >= 0.3 is 10.3 Å². The topological polar surface area (TPSA) is 57.6 Å². The summed E-state index contributed by atoms with van der Waals surface area (Å²) < 4.78 is 31.6. The molecule has 2 aromatic rings. The molecular weight excluding hydrogens is 226 g/mol. The van der Waals surface area contributed by atoms with Crippen LogP contribution in [0.2, 0.25) is 0 Å². The molecule has 0 spiro atoms. The lowest BCUT2D eigenvalue weighted by atomic mass is 10.1. The lowest BCUT2D eigenvalue weighted by Crippen LogP contribution is -2.25. The molecule has 4 nitrogen and oxygen atoms in total. The first kappa shape index (κ1) is 10.9. The predicted octanol–water partition coefficient (Wildman–Crippen LogP) is 2.08. The minimum absolute atomic E-state index is 0.432. The molecule has 0 heterocycles. The average molecular weight is 237 g/mol. The Balaban J connectivity index is 2.55. The fraction of sp³-hybridized carbons (Fsp3) is 0.0909. The van der Waals surface area contributed by atoms with Gasteiger partial charge in [-0.05, 0) is 22.9 Å². The van der Waals surface area contributed by atoms with Crippen molar-refractivity contribution in [1.82, 2.24) is 0 Å². The molecule has 0 aromatic heterocycles. The maximum Gasteiger partial charge on any atom is 0.359 e. The van der Waals surface area contributed by atoms with Gasteiger partial charge in [-0.1, -0.05) is 30.3 Å². The van der Waals surface area contributed by atoms with Gasteiger partial charge in [0.15, 0.2) is 0 Å². The van der Waals surface area contributed by atoms with E-state index in [1.165, 1.54) is 7.05 Å². The largest absolute Gasteiger partial charge is 0.359 e. The number of fused-ring (bicyclic) bond motifs is 1. The van der Waals surface area contributed by atoms with Crippen LogP contribution in [0.25, 0.3) is 10.8 Å². The Morgan fingerprint density at radius 2 is 1.69 bits per heavy atom. The van der Waals surface area contributed by atoms with Gasteiger partial charge in [0.2, 0.25) is 0 Å². The van der Waals surface area contributed by atoms with E-state index in [9.17, 15) is 8.42 Å². The van der Waals surface area contributed by atoms with Gasteiger partial charge in [-0.25, -0.2) is 0 Å². The Morgan fingerprint density at radius 1 is 1.06 bits per heavy atom. The zero-order chi connectivity index (χ0) is 11.8. The molecule has 0 amide bonds. The van der Waals surface area contributed by atoms with Crippen LogP contribution in [0.15, 0.2) is 42.5 Å². The number of nitrogens with zero attached hydrogens (tertiary/aromatic N) is 1. The summed E-state index contributed by atoms with van der Waals surface area (Å²) in [5, 5.41) is 1.95. The van der Waals surface area contributed by atoms with E-state index in [1.807, 2.05) is 30.3 Å². The summed E-state index contributed by atoms with van der Waals surface area (Å²) in [6.07, 6.45) is 0. The Hall–Kier alpha value is -1.59. The van der Waals surface area contributed by atoms with Crippen molar-refractivity contribution in [1.29, 1.82) is 0 Å². The molecule has 84 valence electrons. The SMILES string of the molecule is CN(c1ccc2ccccc2c1)S(=O)(=O)O. The molecule has 2 rings (SSSR count). The van der Waals surface area contributed by atoms with Crippen LogP contribution in [0.5, 0.6) is 0 Å². The molecule has 0 saturated carbocycles. The molecule has 0 unspecified atom stereocenters. The highest BCUT2D eigenvalue weighted by Crippen LogP contribution is 2.22. The summed E-state index contributed by atoms with van der Waals surface area (Å²) >= 11 is 0. The van der Waals surface area contributed by atoms with E-state index >= 15 is 0 Å². The second-order valence-electron chi connectivity index (χ2n) is 3.48. The summed E-state index contributed by atoms with van der Waals surface area (Å²) in [5.74, 6) is 0. The summed E-state index contributed by atoms with van der Waals surface area (Å²) in [5.41, 5.74) is 0.432. The molecular formula is C11H11NO3S. The van der Waals surface area contributed by atoms with Gasteiger partial charge < -0.3 is 0 Å². The normalized spacial score (nSPS) is 11.6. The molecule has 0 saturated heterocycles. The first-order valence-corrected chi connectivity index (χ1v) is 6.08. The van der Waals surface area contributed by atoms with E-state index < -0.39 is 10.3 Å². The molecule has 0 atom stereocenters. The Labute approximate surface area is 94.0 Å². The predicted molar refractivity (Wildman–Crippen MR) is 63.9 cm³/mol. The summed E-state index contributed by atoms with van der Waals surface area (Å²) in [6, 6.07) is 12.8. The molecule has 0 aliphatic rings. The van der Waals surface area contributed by atoms with Crippen LogP contribution in [0.4, 0.5) is 5.69 Å². The standard InChI is InChI=1S/C11H11NO3S/c1-12(16(13,14)15)11-7-6-9-4-2-3-5-10(9)8-11/h2-8H,1H3,(H,13,14,15). The van der Waals surface area contributed by atoms with Crippen LogP contribution in [0.1, 0.15) is 0 Å². The van der Waals surface area contributed by atoms with Gasteiger partial charge in [0, 0.05) is 7.05 Å². The number of hydrogen-bond acceptors (Lipinski definition) is 2. The van der Waals surface area contributed by atoms with Crippen LogP contribution in [-0.4, -0.2) is 20.0 Å². The molecule has 0 aliphatic carbocycles. The van der Waals surface area contributed by atoms with Gasteiger partial charge in [-0.3, -0.25) is 8.86 Å². The van der Waals surface area contributed by atoms with Gasteiger partial charge in [0.1, 0.15) is 0 Å². The average Bonchev–Trinajstić information content (AvgIpc) is 2.26. The number of anilines is 1. The molecule has 5 heteroatoms. The van der Waals surface area contributed by atoms with E-state index in [4.69, 9.17) is 4.55 Å². The van der Waals surface area contributed by atoms with Gasteiger partial charge in [-0.2, -0.15) is 8.42 Å². The second kappa shape index (κ2) is 3.77. The van der Waals surface area contributed by atoms with Crippen LogP contribution >= 0.6 is 0 Å². The quantitative estimate of drug-likeness (QED) is 0.813. The van der Waals surface area contributed by atoms with E-state index in [0.29, 0.717) is 5.69 Å². The van der Waals surface area contributed by atoms with Crippen molar-refractivity contribution in [2.75, 3.05) is 11.4 Å². The number of benzene rings is 2. The van der Waals surface area contributed by atoms with Crippen LogP contribution < -0.4 is 4.31 Å². The van der Waals surface area contributed by atoms with Crippen molar-refractivity contribution < 1.29 is 13.0 Å². The number of hydrogen-bond donors (Lipinski definition) is 1. The molecule has 16 heavy (non-hydrogen) atoms. The van der Waals surface area contributed by atoms with Crippen molar-refractivity contribution in [2.24, 2.45) is 0 Å². The lowest BCUT2D eigenvalue weighted by molar-refractivity contribution is 0.481. The Bertz CT molecular complexity index is 622.